The fraction of sp³-hybridized carbons (Fsp3) is 0.368. The predicted molar refractivity (Wildman–Crippen MR) is 112 cm³/mol. The van der Waals surface area contributed by atoms with Crippen LogP contribution in [0.1, 0.15) is 38.2 Å². The number of carbonyl (C=O) groups excluding carboxylic acids is 2. The second-order valence-electron chi connectivity index (χ2n) is 5.72. The number of benzene rings is 1. The smallest absolute Gasteiger partial charge is 0.331 e. The van der Waals surface area contributed by atoms with E-state index in [0.29, 0.717) is 5.17 Å². The predicted octanol–water partition coefficient (Wildman–Crippen LogP) is 3.97. The monoisotopic (exact) mass is 405 g/mol. The highest BCUT2D eigenvalue weighted by Crippen LogP contribution is 2.23. The summed E-state index contributed by atoms with van der Waals surface area (Å²) in [6.45, 7) is 2.22. The average molecular weight is 406 g/mol. The molecule has 144 valence electrons. The lowest BCUT2D eigenvalue weighted by atomic mass is 10.2. The first-order chi connectivity index (χ1) is 13.1. The standard InChI is InChI=1S/C19H23N3O3S2/c1-3-4-5-6-11-26-15-9-7-14(8-10-15)13-20-22-19-21-18(24)16(27-19)12-17(23)25-2/h7-10,12-13H,3-6,11H2,1-2H3,(H,21,22,24)/b16-12+,20-13?. The molecule has 1 amide bonds. The lowest BCUT2D eigenvalue weighted by Gasteiger charge is -2.01. The molecule has 0 spiro atoms. The van der Waals surface area contributed by atoms with E-state index in [0.717, 1.165) is 29.2 Å². The number of carbonyl (C=O) groups is 2. The van der Waals surface area contributed by atoms with Crippen LogP contribution in [0.4, 0.5) is 0 Å². The maximum Gasteiger partial charge on any atom is 0.331 e. The second-order valence-corrected chi connectivity index (χ2v) is 7.91. The van der Waals surface area contributed by atoms with Crippen LogP contribution in [0.2, 0.25) is 0 Å². The number of amides is 1. The number of nitrogens with zero attached hydrogens (tertiary/aromatic N) is 2. The summed E-state index contributed by atoms with van der Waals surface area (Å²) in [5, 5.41) is 10.8. The molecule has 6 nitrogen and oxygen atoms in total. The first-order valence-electron chi connectivity index (χ1n) is 8.75. The average Bonchev–Trinajstić information content (AvgIpc) is 3.02. The van der Waals surface area contributed by atoms with Gasteiger partial charge in [0, 0.05) is 11.0 Å². The van der Waals surface area contributed by atoms with Crippen molar-refractivity contribution in [3.63, 3.8) is 0 Å². The third-order valence-corrected chi connectivity index (χ3v) is 5.60. The lowest BCUT2D eigenvalue weighted by molar-refractivity contribution is -0.135. The van der Waals surface area contributed by atoms with E-state index < -0.39 is 5.97 Å². The Labute approximate surface area is 167 Å². The van der Waals surface area contributed by atoms with E-state index in [9.17, 15) is 9.59 Å². The highest BCUT2D eigenvalue weighted by atomic mass is 32.2. The molecule has 1 aromatic rings. The van der Waals surface area contributed by atoms with Crippen molar-refractivity contribution >= 4 is 46.8 Å². The third kappa shape index (κ3) is 7.60. The lowest BCUT2D eigenvalue weighted by Crippen LogP contribution is -2.19. The number of thioether (sulfide) groups is 2. The van der Waals surface area contributed by atoms with Crippen LogP contribution in [0.15, 0.2) is 50.3 Å². The number of amidine groups is 1. The van der Waals surface area contributed by atoms with Crippen molar-refractivity contribution in [2.24, 2.45) is 10.2 Å². The summed E-state index contributed by atoms with van der Waals surface area (Å²) in [6, 6.07) is 8.12. The minimum Gasteiger partial charge on any atom is -0.466 e. The Morgan fingerprint density at radius 2 is 2.04 bits per heavy atom. The van der Waals surface area contributed by atoms with Crippen molar-refractivity contribution in [1.29, 1.82) is 0 Å². The minimum absolute atomic E-state index is 0.233. The van der Waals surface area contributed by atoms with Crippen molar-refractivity contribution in [3.8, 4) is 0 Å². The molecular formula is C19H23N3O3S2. The zero-order valence-electron chi connectivity index (χ0n) is 15.4. The summed E-state index contributed by atoms with van der Waals surface area (Å²) < 4.78 is 4.51. The molecule has 0 radical (unpaired) electrons. The van der Waals surface area contributed by atoms with Gasteiger partial charge in [0.05, 0.1) is 18.2 Å². The topological polar surface area (TPSA) is 80.1 Å². The van der Waals surface area contributed by atoms with Crippen LogP contribution in [-0.4, -0.2) is 36.1 Å². The maximum atomic E-state index is 11.7. The van der Waals surface area contributed by atoms with Gasteiger partial charge in [-0.15, -0.1) is 16.9 Å². The van der Waals surface area contributed by atoms with E-state index >= 15 is 0 Å². The van der Waals surface area contributed by atoms with Gasteiger partial charge in [0.15, 0.2) is 5.17 Å². The Morgan fingerprint density at radius 3 is 2.74 bits per heavy atom. The second kappa shape index (κ2) is 11.6. The highest BCUT2D eigenvalue weighted by molar-refractivity contribution is 8.18. The largest absolute Gasteiger partial charge is 0.466 e. The van der Waals surface area contributed by atoms with E-state index in [4.69, 9.17) is 0 Å². The molecule has 0 bridgehead atoms. The first kappa shape index (κ1) is 21.2. The number of hydrogen-bond acceptors (Lipinski definition) is 7. The molecule has 0 unspecified atom stereocenters. The molecule has 1 aliphatic heterocycles. The van der Waals surface area contributed by atoms with Crippen LogP contribution in [0.3, 0.4) is 0 Å². The molecule has 1 saturated heterocycles. The van der Waals surface area contributed by atoms with Gasteiger partial charge in [-0.1, -0.05) is 38.3 Å². The fourth-order valence-corrected chi connectivity index (χ4v) is 3.81. The van der Waals surface area contributed by atoms with Crippen LogP contribution < -0.4 is 5.32 Å². The number of esters is 1. The van der Waals surface area contributed by atoms with Crippen LogP contribution in [0, 0.1) is 0 Å². The number of unbranched alkanes of at least 4 members (excludes halogenated alkanes) is 3. The van der Waals surface area contributed by atoms with Crippen molar-refractivity contribution in [2.45, 2.75) is 37.5 Å². The third-order valence-electron chi connectivity index (χ3n) is 3.60. The Hall–Kier alpha value is -2.06. The first-order valence-corrected chi connectivity index (χ1v) is 10.6. The van der Waals surface area contributed by atoms with Crippen molar-refractivity contribution in [1.82, 2.24) is 5.32 Å². The van der Waals surface area contributed by atoms with Crippen LogP contribution >= 0.6 is 23.5 Å². The number of hydrogen-bond donors (Lipinski definition) is 1. The Kier molecular flexibility index (Phi) is 9.13. The summed E-state index contributed by atoms with van der Waals surface area (Å²) >= 11 is 2.91. The highest BCUT2D eigenvalue weighted by Gasteiger charge is 2.24. The van der Waals surface area contributed by atoms with E-state index in [-0.39, 0.29) is 10.8 Å². The summed E-state index contributed by atoms with van der Waals surface area (Å²) in [5.74, 6) is 0.166. The summed E-state index contributed by atoms with van der Waals surface area (Å²) in [6.07, 6.45) is 7.85. The summed E-state index contributed by atoms with van der Waals surface area (Å²) in [7, 11) is 1.26. The maximum absolute atomic E-state index is 11.7. The molecular weight excluding hydrogens is 382 g/mol. The van der Waals surface area contributed by atoms with Gasteiger partial charge in [0.25, 0.3) is 5.91 Å². The molecule has 0 saturated carbocycles. The number of rotatable bonds is 9. The summed E-state index contributed by atoms with van der Waals surface area (Å²) in [4.78, 5) is 24.4. The SMILES string of the molecule is CCCCCCSc1ccc(C=N/N=C2/NC(=O)/C(=C\C(=O)OC)S2)cc1. The van der Waals surface area contributed by atoms with Gasteiger partial charge >= 0.3 is 5.97 Å². The van der Waals surface area contributed by atoms with Crippen molar-refractivity contribution in [2.75, 3.05) is 12.9 Å². The van der Waals surface area contributed by atoms with Gasteiger partial charge in [-0.2, -0.15) is 5.10 Å². The normalized spacial score (nSPS) is 17.0. The quantitative estimate of drug-likeness (QED) is 0.168. The minimum atomic E-state index is -0.583. The number of ether oxygens (including phenoxy) is 1. The molecule has 1 aromatic carbocycles. The Balaban J connectivity index is 1.84. The van der Waals surface area contributed by atoms with Crippen molar-refractivity contribution in [3.05, 3.63) is 40.8 Å². The van der Waals surface area contributed by atoms with Crippen LogP contribution in [0.5, 0.6) is 0 Å². The van der Waals surface area contributed by atoms with Gasteiger partial charge < -0.3 is 4.74 Å². The molecule has 0 aromatic heterocycles. The zero-order valence-corrected chi connectivity index (χ0v) is 17.1. The van der Waals surface area contributed by atoms with Crippen molar-refractivity contribution < 1.29 is 14.3 Å². The van der Waals surface area contributed by atoms with E-state index in [1.165, 1.54) is 37.7 Å². The fourth-order valence-electron chi connectivity index (χ4n) is 2.16. The Bertz CT molecular complexity index is 743. The molecule has 0 atom stereocenters. The van der Waals surface area contributed by atoms with E-state index in [2.05, 4.69) is 39.3 Å². The van der Waals surface area contributed by atoms with Gasteiger partial charge in [-0.3, -0.25) is 10.1 Å². The van der Waals surface area contributed by atoms with Gasteiger partial charge in [-0.05, 0) is 41.6 Å². The molecule has 1 heterocycles. The Morgan fingerprint density at radius 1 is 1.26 bits per heavy atom. The molecule has 1 fully saturated rings. The van der Waals surface area contributed by atoms with Gasteiger partial charge in [0.2, 0.25) is 0 Å². The van der Waals surface area contributed by atoms with E-state index in [1.807, 2.05) is 23.9 Å². The van der Waals surface area contributed by atoms with Crippen LogP contribution in [-0.2, 0) is 14.3 Å². The van der Waals surface area contributed by atoms with Crippen LogP contribution in [0.25, 0.3) is 0 Å². The zero-order chi connectivity index (χ0) is 19.5. The molecule has 1 N–H and O–H groups in total. The molecule has 1 aliphatic rings. The molecule has 8 heteroatoms. The molecule has 27 heavy (non-hydrogen) atoms. The summed E-state index contributed by atoms with van der Waals surface area (Å²) in [5.41, 5.74) is 0.925. The van der Waals surface area contributed by atoms with Gasteiger partial charge in [-0.25, -0.2) is 4.79 Å². The molecule has 2 rings (SSSR count). The number of methoxy groups -OCH3 is 1. The number of nitrogens with one attached hydrogen (secondary N) is 1. The van der Waals surface area contributed by atoms with Gasteiger partial charge in [0.1, 0.15) is 0 Å². The molecule has 0 aliphatic carbocycles. The van der Waals surface area contributed by atoms with E-state index in [1.54, 1.807) is 6.21 Å².